The van der Waals surface area contributed by atoms with E-state index in [2.05, 4.69) is 13.0 Å². The molecule has 2 heteroatoms. The average molecular weight is 234 g/mol. The Labute approximate surface area is 104 Å². The van der Waals surface area contributed by atoms with Gasteiger partial charge in [0.2, 0.25) is 0 Å². The van der Waals surface area contributed by atoms with Crippen molar-refractivity contribution < 1.29 is 9.84 Å². The largest absolute Gasteiger partial charge is 0.388 e. The molecule has 1 aromatic rings. The Morgan fingerprint density at radius 1 is 1.29 bits per heavy atom. The minimum absolute atomic E-state index is 0.291. The van der Waals surface area contributed by atoms with Gasteiger partial charge in [-0.3, -0.25) is 0 Å². The highest BCUT2D eigenvalue weighted by Crippen LogP contribution is 2.37. The van der Waals surface area contributed by atoms with Crippen molar-refractivity contribution in [3.05, 3.63) is 35.4 Å². The van der Waals surface area contributed by atoms with Crippen LogP contribution in [0, 0.1) is 5.92 Å². The van der Waals surface area contributed by atoms with Crippen LogP contribution < -0.4 is 0 Å². The number of aliphatic hydroxyl groups excluding tert-OH is 1. The van der Waals surface area contributed by atoms with E-state index in [1.807, 2.05) is 18.2 Å². The van der Waals surface area contributed by atoms with E-state index in [0.29, 0.717) is 5.92 Å². The number of fused-ring (bicyclic) bond motifs is 1. The third-order valence-corrected chi connectivity index (χ3v) is 3.58. The first-order valence-corrected chi connectivity index (χ1v) is 6.66. The predicted octanol–water partition coefficient (Wildman–Crippen LogP) is 3.10. The molecule has 0 saturated heterocycles. The van der Waals surface area contributed by atoms with E-state index in [4.69, 9.17) is 4.74 Å². The summed E-state index contributed by atoms with van der Waals surface area (Å²) in [4.78, 5) is 0. The van der Waals surface area contributed by atoms with E-state index in [-0.39, 0.29) is 6.10 Å². The van der Waals surface area contributed by atoms with Crippen LogP contribution in [0.2, 0.25) is 0 Å². The molecular weight excluding hydrogens is 212 g/mol. The highest BCUT2D eigenvalue weighted by molar-refractivity contribution is 5.34. The molecule has 94 valence electrons. The first-order valence-electron chi connectivity index (χ1n) is 6.66. The van der Waals surface area contributed by atoms with Crippen molar-refractivity contribution in [3.63, 3.8) is 0 Å². The van der Waals surface area contributed by atoms with Crippen LogP contribution in [0.15, 0.2) is 24.3 Å². The maximum atomic E-state index is 10.2. The zero-order valence-electron chi connectivity index (χ0n) is 10.6. The number of hydrogen-bond donors (Lipinski definition) is 1. The zero-order valence-corrected chi connectivity index (χ0v) is 10.6. The number of benzene rings is 1. The molecule has 0 fully saturated rings. The molecule has 17 heavy (non-hydrogen) atoms. The summed E-state index contributed by atoms with van der Waals surface area (Å²) in [5, 5.41) is 10.2. The van der Waals surface area contributed by atoms with Gasteiger partial charge in [-0.15, -0.1) is 0 Å². The molecule has 0 bridgehead atoms. The minimum atomic E-state index is -0.291. The lowest BCUT2D eigenvalue weighted by molar-refractivity contribution is 0.0735. The van der Waals surface area contributed by atoms with E-state index in [1.54, 1.807) is 0 Å². The Kier molecular flexibility index (Phi) is 4.57. The molecule has 0 saturated carbocycles. The van der Waals surface area contributed by atoms with Gasteiger partial charge in [0.15, 0.2) is 0 Å². The summed E-state index contributed by atoms with van der Waals surface area (Å²) in [6, 6.07) is 8.21. The number of hydrogen-bond acceptors (Lipinski definition) is 2. The SMILES string of the molecule is CCCCOCCC1Cc2ccccc2C1O. The maximum absolute atomic E-state index is 10.2. The molecule has 0 aliphatic heterocycles. The van der Waals surface area contributed by atoms with Crippen molar-refractivity contribution in [2.75, 3.05) is 13.2 Å². The Morgan fingerprint density at radius 3 is 2.88 bits per heavy atom. The van der Waals surface area contributed by atoms with Crippen LogP contribution in [-0.4, -0.2) is 18.3 Å². The smallest absolute Gasteiger partial charge is 0.0824 e. The maximum Gasteiger partial charge on any atom is 0.0824 e. The normalized spacial score (nSPS) is 22.7. The van der Waals surface area contributed by atoms with Gasteiger partial charge in [0.05, 0.1) is 6.10 Å². The second-order valence-electron chi connectivity index (χ2n) is 4.86. The predicted molar refractivity (Wildman–Crippen MR) is 68.9 cm³/mol. The van der Waals surface area contributed by atoms with Gasteiger partial charge in [-0.2, -0.15) is 0 Å². The molecular formula is C15H22O2. The quantitative estimate of drug-likeness (QED) is 0.766. The van der Waals surface area contributed by atoms with Gasteiger partial charge in [-0.05, 0) is 36.3 Å². The zero-order chi connectivity index (χ0) is 12.1. The summed E-state index contributed by atoms with van der Waals surface area (Å²) in [5.74, 6) is 0.342. The van der Waals surface area contributed by atoms with Crippen molar-refractivity contribution >= 4 is 0 Å². The van der Waals surface area contributed by atoms with Gasteiger partial charge in [0.25, 0.3) is 0 Å². The van der Waals surface area contributed by atoms with Crippen LogP contribution >= 0.6 is 0 Å². The van der Waals surface area contributed by atoms with Crippen LogP contribution in [-0.2, 0) is 11.2 Å². The molecule has 0 amide bonds. The summed E-state index contributed by atoms with van der Waals surface area (Å²) < 4.78 is 5.57. The average Bonchev–Trinajstić information content (AvgIpc) is 2.67. The van der Waals surface area contributed by atoms with E-state index in [0.717, 1.165) is 38.0 Å². The fourth-order valence-electron chi connectivity index (χ4n) is 2.50. The molecule has 0 radical (unpaired) electrons. The topological polar surface area (TPSA) is 29.5 Å². The van der Waals surface area contributed by atoms with Gasteiger partial charge < -0.3 is 9.84 Å². The molecule has 2 unspecified atom stereocenters. The molecule has 1 aliphatic carbocycles. The standard InChI is InChI=1S/C15H22O2/c1-2-3-9-17-10-8-13-11-12-6-4-5-7-14(12)15(13)16/h4-7,13,15-16H,2-3,8-11H2,1H3. The fourth-order valence-corrected chi connectivity index (χ4v) is 2.50. The second kappa shape index (κ2) is 6.18. The van der Waals surface area contributed by atoms with Crippen molar-refractivity contribution in [1.82, 2.24) is 0 Å². The van der Waals surface area contributed by atoms with Gasteiger partial charge in [0.1, 0.15) is 0 Å². The highest BCUT2D eigenvalue weighted by atomic mass is 16.5. The number of aliphatic hydroxyl groups is 1. The van der Waals surface area contributed by atoms with Crippen molar-refractivity contribution in [3.8, 4) is 0 Å². The van der Waals surface area contributed by atoms with Crippen LogP contribution in [0.4, 0.5) is 0 Å². The molecule has 1 aromatic carbocycles. The summed E-state index contributed by atoms with van der Waals surface area (Å²) in [7, 11) is 0. The fraction of sp³-hybridized carbons (Fsp3) is 0.600. The van der Waals surface area contributed by atoms with Gasteiger partial charge in [-0.1, -0.05) is 37.6 Å². The van der Waals surface area contributed by atoms with Crippen LogP contribution in [0.1, 0.15) is 43.4 Å². The highest BCUT2D eigenvalue weighted by Gasteiger charge is 2.29. The van der Waals surface area contributed by atoms with E-state index in [1.165, 1.54) is 12.0 Å². The molecule has 0 spiro atoms. The molecule has 0 aromatic heterocycles. The number of unbranched alkanes of at least 4 members (excludes halogenated alkanes) is 1. The molecule has 2 atom stereocenters. The molecule has 1 aliphatic rings. The van der Waals surface area contributed by atoms with E-state index < -0.39 is 0 Å². The molecule has 2 nitrogen and oxygen atoms in total. The summed E-state index contributed by atoms with van der Waals surface area (Å²) >= 11 is 0. The Bertz CT molecular complexity index is 349. The van der Waals surface area contributed by atoms with Gasteiger partial charge in [-0.25, -0.2) is 0 Å². The molecule has 0 heterocycles. The Hall–Kier alpha value is -0.860. The Balaban J connectivity index is 1.78. The first-order chi connectivity index (χ1) is 8.33. The summed E-state index contributed by atoms with van der Waals surface area (Å²) in [6.07, 6.45) is 3.97. The first kappa shape index (κ1) is 12.6. The molecule has 2 rings (SSSR count). The van der Waals surface area contributed by atoms with Gasteiger partial charge in [0, 0.05) is 13.2 Å². The van der Waals surface area contributed by atoms with Crippen molar-refractivity contribution in [2.24, 2.45) is 5.92 Å². The monoisotopic (exact) mass is 234 g/mol. The summed E-state index contributed by atoms with van der Waals surface area (Å²) in [5.41, 5.74) is 2.42. The molecule has 1 N–H and O–H groups in total. The van der Waals surface area contributed by atoms with Crippen LogP contribution in [0.25, 0.3) is 0 Å². The Morgan fingerprint density at radius 2 is 2.12 bits per heavy atom. The van der Waals surface area contributed by atoms with E-state index >= 15 is 0 Å². The van der Waals surface area contributed by atoms with Crippen molar-refractivity contribution in [2.45, 2.75) is 38.7 Å². The lowest BCUT2D eigenvalue weighted by Gasteiger charge is -2.14. The third kappa shape index (κ3) is 3.08. The van der Waals surface area contributed by atoms with Crippen LogP contribution in [0.3, 0.4) is 0 Å². The second-order valence-corrected chi connectivity index (χ2v) is 4.86. The van der Waals surface area contributed by atoms with Crippen molar-refractivity contribution in [1.29, 1.82) is 0 Å². The van der Waals surface area contributed by atoms with Crippen LogP contribution in [0.5, 0.6) is 0 Å². The lowest BCUT2D eigenvalue weighted by atomic mass is 10.0. The summed E-state index contributed by atoms with van der Waals surface area (Å²) in [6.45, 7) is 3.79. The lowest BCUT2D eigenvalue weighted by Crippen LogP contribution is -2.11. The third-order valence-electron chi connectivity index (χ3n) is 3.58. The van der Waals surface area contributed by atoms with Gasteiger partial charge >= 0.3 is 0 Å². The number of rotatable bonds is 6. The van der Waals surface area contributed by atoms with E-state index in [9.17, 15) is 5.11 Å². The number of ether oxygens (including phenoxy) is 1. The minimum Gasteiger partial charge on any atom is -0.388 e.